The van der Waals surface area contributed by atoms with Crippen LogP contribution >= 0.6 is 0 Å². The zero-order valence-corrected chi connectivity index (χ0v) is 12.1. The van der Waals surface area contributed by atoms with Crippen LogP contribution in [0.25, 0.3) is 17.1 Å². The summed E-state index contributed by atoms with van der Waals surface area (Å²) in [6.45, 7) is 3.68. The van der Waals surface area contributed by atoms with Crippen molar-refractivity contribution in [3.63, 3.8) is 0 Å². The van der Waals surface area contributed by atoms with E-state index in [2.05, 4.69) is 15.1 Å². The lowest BCUT2D eigenvalue weighted by atomic mass is 10.1. The van der Waals surface area contributed by atoms with Crippen molar-refractivity contribution in [1.29, 1.82) is 0 Å². The van der Waals surface area contributed by atoms with Gasteiger partial charge in [0.25, 0.3) is 11.6 Å². The number of nitro benzene ring substituents is 1. The summed E-state index contributed by atoms with van der Waals surface area (Å²) in [7, 11) is 0. The summed E-state index contributed by atoms with van der Waals surface area (Å²) < 4.78 is 1.51. The molecule has 2 aromatic heterocycles. The summed E-state index contributed by atoms with van der Waals surface area (Å²) in [5.74, 6) is 0.431. The Morgan fingerprint density at radius 1 is 1.23 bits per heavy atom. The lowest BCUT2D eigenvalue weighted by Crippen LogP contribution is -2.01. The number of hydrogen-bond acceptors (Lipinski definition) is 5. The number of benzene rings is 1. The van der Waals surface area contributed by atoms with Crippen molar-refractivity contribution >= 4 is 5.69 Å². The minimum Gasteiger partial charge on any atom is -0.258 e. The van der Waals surface area contributed by atoms with Crippen molar-refractivity contribution in [3.05, 3.63) is 64.2 Å². The van der Waals surface area contributed by atoms with Crippen molar-refractivity contribution in [2.75, 3.05) is 0 Å². The molecule has 0 fully saturated rings. The highest BCUT2D eigenvalue weighted by molar-refractivity contribution is 5.73. The van der Waals surface area contributed by atoms with E-state index in [1.165, 1.54) is 4.68 Å². The molecule has 0 N–H and O–H groups in total. The number of aryl methyl sites for hydroxylation is 2. The first kappa shape index (κ1) is 13.9. The Balaban J connectivity index is 2.06. The third-order valence-corrected chi connectivity index (χ3v) is 3.23. The average Bonchev–Trinajstić information content (AvgIpc) is 2.97. The van der Waals surface area contributed by atoms with Crippen LogP contribution in [0.5, 0.6) is 0 Å². The summed E-state index contributed by atoms with van der Waals surface area (Å²) in [5, 5.41) is 15.4. The van der Waals surface area contributed by atoms with E-state index in [0.717, 1.165) is 11.3 Å². The Morgan fingerprint density at radius 3 is 2.77 bits per heavy atom. The third kappa shape index (κ3) is 2.56. The third-order valence-electron chi connectivity index (χ3n) is 3.23. The fourth-order valence-electron chi connectivity index (χ4n) is 2.15. The van der Waals surface area contributed by atoms with Gasteiger partial charge in [-0.25, -0.2) is 14.6 Å². The predicted molar refractivity (Wildman–Crippen MR) is 80.7 cm³/mol. The van der Waals surface area contributed by atoms with Gasteiger partial charge in [-0.05, 0) is 31.5 Å². The van der Waals surface area contributed by atoms with E-state index in [0.29, 0.717) is 17.1 Å². The second-order valence-electron chi connectivity index (χ2n) is 4.95. The monoisotopic (exact) mass is 295 g/mol. The molecule has 0 aliphatic carbocycles. The Morgan fingerprint density at radius 2 is 2.05 bits per heavy atom. The van der Waals surface area contributed by atoms with Crippen LogP contribution in [-0.4, -0.2) is 24.7 Å². The molecule has 0 saturated carbocycles. The van der Waals surface area contributed by atoms with Crippen LogP contribution in [-0.2, 0) is 0 Å². The van der Waals surface area contributed by atoms with E-state index in [-0.39, 0.29) is 10.6 Å². The van der Waals surface area contributed by atoms with Crippen molar-refractivity contribution in [3.8, 4) is 17.1 Å². The summed E-state index contributed by atoms with van der Waals surface area (Å²) in [6.07, 6.45) is 4.91. The minimum absolute atomic E-state index is 0.0599. The highest BCUT2D eigenvalue weighted by atomic mass is 16.6. The van der Waals surface area contributed by atoms with Gasteiger partial charge >= 0.3 is 0 Å². The smallest absolute Gasteiger partial charge is 0.258 e. The van der Waals surface area contributed by atoms with Crippen LogP contribution in [0.2, 0.25) is 0 Å². The molecule has 0 spiro atoms. The lowest BCUT2D eigenvalue weighted by Gasteiger charge is -2.01. The molecule has 0 aliphatic heterocycles. The summed E-state index contributed by atoms with van der Waals surface area (Å²) in [4.78, 5) is 19.3. The number of aromatic nitrogens is 4. The fraction of sp³-hybridized carbons (Fsp3) is 0.133. The molecule has 22 heavy (non-hydrogen) atoms. The predicted octanol–water partition coefficient (Wildman–Crippen LogP) is 2.85. The van der Waals surface area contributed by atoms with Gasteiger partial charge in [0.05, 0.1) is 16.7 Å². The molecule has 7 nitrogen and oxygen atoms in total. The molecule has 0 unspecified atom stereocenters. The van der Waals surface area contributed by atoms with Gasteiger partial charge < -0.3 is 0 Å². The van der Waals surface area contributed by atoms with Gasteiger partial charge in [-0.1, -0.05) is 6.07 Å². The molecule has 0 atom stereocenters. The van der Waals surface area contributed by atoms with Gasteiger partial charge in [0.15, 0.2) is 0 Å². The molecule has 3 rings (SSSR count). The molecule has 0 saturated heterocycles. The van der Waals surface area contributed by atoms with Crippen molar-refractivity contribution in [2.24, 2.45) is 0 Å². The first-order chi connectivity index (χ1) is 10.5. The van der Waals surface area contributed by atoms with Gasteiger partial charge in [-0.3, -0.25) is 10.1 Å². The zero-order valence-electron chi connectivity index (χ0n) is 12.1. The van der Waals surface area contributed by atoms with Gasteiger partial charge in [0.1, 0.15) is 0 Å². The number of hydrogen-bond donors (Lipinski definition) is 0. The first-order valence-electron chi connectivity index (χ1n) is 6.65. The number of nitro groups is 1. The number of rotatable bonds is 3. The lowest BCUT2D eigenvalue weighted by molar-refractivity contribution is -0.384. The van der Waals surface area contributed by atoms with Gasteiger partial charge in [0, 0.05) is 29.7 Å². The molecular formula is C15H13N5O2. The molecular weight excluding hydrogens is 282 g/mol. The van der Waals surface area contributed by atoms with Crippen molar-refractivity contribution in [2.45, 2.75) is 13.8 Å². The van der Waals surface area contributed by atoms with Crippen molar-refractivity contribution in [1.82, 2.24) is 19.7 Å². The molecule has 0 aliphatic rings. The molecule has 2 heterocycles. The normalized spacial score (nSPS) is 10.6. The maximum Gasteiger partial charge on any atom is 0.277 e. The molecule has 0 bridgehead atoms. The quantitative estimate of drug-likeness (QED) is 0.547. The highest BCUT2D eigenvalue weighted by Gasteiger charge is 2.17. The van der Waals surface area contributed by atoms with Crippen LogP contribution in [0.15, 0.2) is 42.9 Å². The topological polar surface area (TPSA) is 86.7 Å². The Bertz CT molecular complexity index is 857. The Kier molecular flexibility index (Phi) is 3.38. The van der Waals surface area contributed by atoms with E-state index in [4.69, 9.17) is 0 Å². The van der Waals surface area contributed by atoms with E-state index in [9.17, 15) is 10.1 Å². The Hall–Kier alpha value is -3.09. The summed E-state index contributed by atoms with van der Waals surface area (Å²) in [5.41, 5.74) is 2.89. The molecule has 7 heteroatoms. The number of nitrogens with zero attached hydrogens (tertiary/aromatic N) is 5. The molecule has 3 aromatic rings. The van der Waals surface area contributed by atoms with E-state index in [1.807, 2.05) is 19.9 Å². The highest BCUT2D eigenvalue weighted by Crippen LogP contribution is 2.30. The zero-order chi connectivity index (χ0) is 15.7. The average molecular weight is 295 g/mol. The molecule has 1 aromatic carbocycles. The van der Waals surface area contributed by atoms with Crippen LogP contribution < -0.4 is 0 Å². The standard InChI is InChI=1S/C15H13N5O2/c1-10-3-4-13(14(7-10)20(21)22)12-8-17-19(9-12)15-16-6-5-11(2)18-15/h3-9H,1-2H3. The summed E-state index contributed by atoms with van der Waals surface area (Å²) in [6, 6.07) is 6.91. The second kappa shape index (κ2) is 5.36. The minimum atomic E-state index is -0.386. The fourth-order valence-corrected chi connectivity index (χ4v) is 2.15. The van der Waals surface area contributed by atoms with Crippen LogP contribution in [0, 0.1) is 24.0 Å². The molecule has 110 valence electrons. The van der Waals surface area contributed by atoms with Crippen molar-refractivity contribution < 1.29 is 4.92 Å². The van der Waals surface area contributed by atoms with Crippen LogP contribution in [0.4, 0.5) is 5.69 Å². The maximum atomic E-state index is 11.2. The maximum absolute atomic E-state index is 11.2. The largest absolute Gasteiger partial charge is 0.277 e. The second-order valence-corrected chi connectivity index (χ2v) is 4.95. The van der Waals surface area contributed by atoms with Crippen LogP contribution in [0.1, 0.15) is 11.3 Å². The Labute approximate surface area is 126 Å². The summed E-state index contributed by atoms with van der Waals surface area (Å²) >= 11 is 0. The van der Waals surface area contributed by atoms with Gasteiger partial charge in [-0.2, -0.15) is 5.10 Å². The van der Waals surface area contributed by atoms with E-state index < -0.39 is 0 Å². The molecule has 0 radical (unpaired) electrons. The van der Waals surface area contributed by atoms with E-state index in [1.54, 1.807) is 36.8 Å². The first-order valence-corrected chi connectivity index (χ1v) is 6.65. The van der Waals surface area contributed by atoms with Gasteiger partial charge in [-0.15, -0.1) is 0 Å². The van der Waals surface area contributed by atoms with E-state index >= 15 is 0 Å². The van der Waals surface area contributed by atoms with Gasteiger partial charge in [0.2, 0.25) is 0 Å². The molecule has 0 amide bonds. The SMILES string of the molecule is Cc1ccc(-c2cnn(-c3nccc(C)n3)c2)c([N+](=O)[O-])c1. The van der Waals surface area contributed by atoms with Crippen LogP contribution in [0.3, 0.4) is 0 Å².